The van der Waals surface area contributed by atoms with Gasteiger partial charge in [0.1, 0.15) is 0 Å². The summed E-state index contributed by atoms with van der Waals surface area (Å²) in [5.41, 5.74) is 11.6. The number of para-hydroxylation sites is 1. The van der Waals surface area contributed by atoms with Gasteiger partial charge >= 0.3 is 0 Å². The Balaban J connectivity index is 1.98. The van der Waals surface area contributed by atoms with E-state index >= 15 is 0 Å². The second kappa shape index (κ2) is 7.59. The smallest absolute Gasteiger partial charge is 0.0571 e. The molecule has 0 aliphatic rings. The molecule has 0 heterocycles. The third-order valence-electron chi connectivity index (χ3n) is 3.52. The minimum absolute atomic E-state index is 1.08. The molecule has 2 N–H and O–H groups in total. The Morgan fingerprint density at radius 1 is 0.850 bits per heavy atom. The number of unbranched alkanes of at least 4 members (excludes halogenated alkanes) is 1. The van der Waals surface area contributed by atoms with Crippen molar-refractivity contribution >= 4 is 11.4 Å². The number of anilines is 2. The van der Waals surface area contributed by atoms with Gasteiger partial charge in [0.25, 0.3) is 0 Å². The summed E-state index contributed by atoms with van der Waals surface area (Å²) in [6.07, 6.45) is 4.65. The minimum Gasteiger partial charge on any atom is -0.301 e. The number of benzene rings is 2. The van der Waals surface area contributed by atoms with Crippen LogP contribution in [0.2, 0.25) is 0 Å². The molecule has 20 heavy (non-hydrogen) atoms. The van der Waals surface area contributed by atoms with Crippen molar-refractivity contribution in [3.05, 3.63) is 59.7 Å². The summed E-state index contributed by atoms with van der Waals surface area (Å²) in [6.45, 7) is 4.40. The topological polar surface area (TPSA) is 24.1 Å². The van der Waals surface area contributed by atoms with Crippen molar-refractivity contribution in [1.29, 1.82) is 0 Å². The van der Waals surface area contributed by atoms with E-state index in [1.54, 1.807) is 0 Å². The van der Waals surface area contributed by atoms with E-state index in [1.165, 1.54) is 29.7 Å². The Labute approximate surface area is 122 Å². The van der Waals surface area contributed by atoms with Crippen LogP contribution in [0.4, 0.5) is 11.4 Å². The van der Waals surface area contributed by atoms with Crippen molar-refractivity contribution in [1.82, 2.24) is 0 Å². The number of nitrogens with one attached hydrogen (secondary N) is 2. The quantitative estimate of drug-likeness (QED) is 0.688. The molecular weight excluding hydrogens is 244 g/mol. The molecule has 2 nitrogen and oxygen atoms in total. The number of aryl methyl sites for hydroxylation is 2. The average Bonchev–Trinajstić information content (AvgIpc) is 2.52. The molecule has 2 rings (SSSR count). The van der Waals surface area contributed by atoms with Gasteiger partial charge in [0, 0.05) is 0 Å². The van der Waals surface area contributed by atoms with Crippen molar-refractivity contribution < 1.29 is 0 Å². The zero-order valence-corrected chi connectivity index (χ0v) is 12.4. The Kier molecular flexibility index (Phi) is 5.48. The van der Waals surface area contributed by atoms with Gasteiger partial charge < -0.3 is 10.9 Å². The van der Waals surface area contributed by atoms with Crippen LogP contribution in [0.3, 0.4) is 0 Å². The van der Waals surface area contributed by atoms with E-state index in [1.807, 2.05) is 0 Å². The summed E-state index contributed by atoms with van der Waals surface area (Å²) in [5.74, 6) is 0. The Morgan fingerprint density at radius 3 is 2.30 bits per heavy atom. The highest BCUT2D eigenvalue weighted by atomic mass is 15.4. The molecule has 0 radical (unpaired) electrons. The Hall–Kier alpha value is -1.96. The van der Waals surface area contributed by atoms with Crippen molar-refractivity contribution in [3.8, 4) is 0 Å². The first-order valence-electron chi connectivity index (χ1n) is 7.52. The van der Waals surface area contributed by atoms with Gasteiger partial charge in [0.15, 0.2) is 0 Å². The molecule has 2 aromatic rings. The molecule has 0 amide bonds. The molecule has 0 saturated carbocycles. The number of hydrogen-bond donors (Lipinski definition) is 2. The van der Waals surface area contributed by atoms with Crippen LogP contribution in [0.5, 0.6) is 0 Å². The van der Waals surface area contributed by atoms with E-state index in [2.05, 4.69) is 73.2 Å². The number of hydrazine groups is 1. The molecule has 2 aromatic carbocycles. The molecule has 0 fully saturated rings. The molecule has 0 aliphatic carbocycles. The molecule has 106 valence electrons. The van der Waals surface area contributed by atoms with Crippen LogP contribution < -0.4 is 10.9 Å². The maximum absolute atomic E-state index is 3.33. The van der Waals surface area contributed by atoms with Gasteiger partial charge in [-0.2, -0.15) is 0 Å². The van der Waals surface area contributed by atoms with E-state index in [4.69, 9.17) is 0 Å². The van der Waals surface area contributed by atoms with Gasteiger partial charge in [0.05, 0.1) is 11.4 Å². The zero-order chi connectivity index (χ0) is 14.2. The lowest BCUT2D eigenvalue weighted by molar-refractivity contribution is 0.796. The monoisotopic (exact) mass is 268 g/mol. The fourth-order valence-electron chi connectivity index (χ4n) is 2.19. The lowest BCUT2D eigenvalue weighted by atomic mass is 10.1. The third-order valence-corrected chi connectivity index (χ3v) is 3.52. The van der Waals surface area contributed by atoms with E-state index in [-0.39, 0.29) is 0 Å². The van der Waals surface area contributed by atoms with E-state index in [9.17, 15) is 0 Å². The van der Waals surface area contributed by atoms with E-state index in [0.29, 0.717) is 0 Å². The maximum Gasteiger partial charge on any atom is 0.0571 e. The van der Waals surface area contributed by atoms with Gasteiger partial charge in [0.2, 0.25) is 0 Å². The van der Waals surface area contributed by atoms with Crippen LogP contribution in [0.1, 0.15) is 37.8 Å². The van der Waals surface area contributed by atoms with Crippen LogP contribution in [-0.4, -0.2) is 0 Å². The summed E-state index contributed by atoms with van der Waals surface area (Å²) < 4.78 is 0. The first kappa shape index (κ1) is 14.4. The van der Waals surface area contributed by atoms with E-state index < -0.39 is 0 Å². The molecule has 0 aromatic heterocycles. The summed E-state index contributed by atoms with van der Waals surface area (Å²) >= 11 is 0. The second-order valence-corrected chi connectivity index (χ2v) is 5.06. The summed E-state index contributed by atoms with van der Waals surface area (Å²) in [4.78, 5) is 0. The van der Waals surface area contributed by atoms with Crippen LogP contribution in [0.15, 0.2) is 48.5 Å². The third kappa shape index (κ3) is 4.02. The number of hydrogen-bond acceptors (Lipinski definition) is 2. The average molecular weight is 268 g/mol. The fourth-order valence-corrected chi connectivity index (χ4v) is 2.19. The molecule has 0 unspecified atom stereocenters. The SMILES string of the molecule is CCCCc1ccccc1NNc1ccc(CC)cc1. The largest absolute Gasteiger partial charge is 0.301 e. The van der Waals surface area contributed by atoms with Crippen LogP contribution in [0.25, 0.3) is 0 Å². The van der Waals surface area contributed by atoms with Gasteiger partial charge in [-0.1, -0.05) is 50.6 Å². The maximum atomic E-state index is 3.33. The van der Waals surface area contributed by atoms with Crippen LogP contribution in [-0.2, 0) is 12.8 Å². The van der Waals surface area contributed by atoms with Gasteiger partial charge in [-0.05, 0) is 48.6 Å². The minimum atomic E-state index is 1.08. The molecule has 2 heteroatoms. The van der Waals surface area contributed by atoms with Gasteiger partial charge in [-0.25, -0.2) is 0 Å². The first-order valence-corrected chi connectivity index (χ1v) is 7.52. The van der Waals surface area contributed by atoms with Crippen molar-refractivity contribution in [3.63, 3.8) is 0 Å². The lowest BCUT2D eigenvalue weighted by Crippen LogP contribution is -2.10. The summed E-state index contributed by atoms with van der Waals surface area (Å²) in [5, 5.41) is 0. The molecule has 0 saturated heterocycles. The normalized spacial score (nSPS) is 10.3. The molecule has 0 atom stereocenters. The van der Waals surface area contributed by atoms with Crippen molar-refractivity contribution in [2.45, 2.75) is 39.5 Å². The Morgan fingerprint density at radius 2 is 1.60 bits per heavy atom. The highest BCUT2D eigenvalue weighted by Gasteiger charge is 2.00. The number of rotatable bonds is 7. The van der Waals surface area contributed by atoms with Gasteiger partial charge in [-0.3, -0.25) is 0 Å². The zero-order valence-electron chi connectivity index (χ0n) is 12.4. The molecular formula is C18H24N2. The second-order valence-electron chi connectivity index (χ2n) is 5.06. The highest BCUT2D eigenvalue weighted by Crippen LogP contribution is 2.18. The lowest BCUT2D eigenvalue weighted by Gasteiger charge is -2.14. The predicted octanol–water partition coefficient (Wildman–Crippen LogP) is 5.03. The summed E-state index contributed by atoms with van der Waals surface area (Å²) in [6, 6.07) is 17.0. The molecule has 0 spiro atoms. The van der Waals surface area contributed by atoms with Crippen molar-refractivity contribution in [2.75, 3.05) is 10.9 Å². The predicted molar refractivity (Wildman–Crippen MR) is 88.1 cm³/mol. The molecule has 0 aliphatic heterocycles. The fraction of sp³-hybridized carbons (Fsp3) is 0.333. The van der Waals surface area contributed by atoms with Crippen molar-refractivity contribution in [2.24, 2.45) is 0 Å². The van der Waals surface area contributed by atoms with E-state index in [0.717, 1.165) is 18.5 Å². The van der Waals surface area contributed by atoms with Gasteiger partial charge in [-0.15, -0.1) is 0 Å². The standard InChI is InChI=1S/C18H24N2/c1-3-5-8-16-9-6-7-10-18(16)20-19-17-13-11-15(4-2)12-14-17/h6-7,9-14,19-20H,3-5,8H2,1-2H3. The molecule has 0 bridgehead atoms. The first-order chi connectivity index (χ1) is 9.83. The van der Waals surface area contributed by atoms with Crippen LogP contribution >= 0.6 is 0 Å². The highest BCUT2D eigenvalue weighted by molar-refractivity contribution is 5.56. The van der Waals surface area contributed by atoms with Crippen LogP contribution in [0, 0.1) is 0 Å². The summed E-state index contributed by atoms with van der Waals surface area (Å²) in [7, 11) is 0. The Bertz CT molecular complexity index is 517.